The summed E-state index contributed by atoms with van der Waals surface area (Å²) >= 11 is 0. The largest absolute Gasteiger partial charge is 0.306 e. The van der Waals surface area contributed by atoms with E-state index in [9.17, 15) is 26.3 Å². The van der Waals surface area contributed by atoms with Crippen molar-refractivity contribution in [1.29, 1.82) is 0 Å². The first-order valence-electron chi connectivity index (χ1n) is 6.04. The van der Waals surface area contributed by atoms with Crippen LogP contribution in [0.2, 0.25) is 0 Å². The van der Waals surface area contributed by atoms with Crippen molar-refractivity contribution in [1.82, 2.24) is 0 Å². The first-order valence-corrected chi connectivity index (χ1v) is 6.04. The van der Waals surface area contributed by atoms with Crippen molar-refractivity contribution in [3.63, 3.8) is 0 Å². The third-order valence-electron chi connectivity index (χ3n) is 2.94. The van der Waals surface area contributed by atoms with Crippen molar-refractivity contribution in [2.75, 3.05) is 0 Å². The van der Waals surface area contributed by atoms with Crippen molar-refractivity contribution in [3.8, 4) is 11.1 Å². The fourth-order valence-electron chi connectivity index (χ4n) is 2.03. The molecule has 0 saturated heterocycles. The summed E-state index contributed by atoms with van der Waals surface area (Å²) in [6.45, 7) is 0. The number of hydrogen-bond donors (Lipinski definition) is 0. The lowest BCUT2D eigenvalue weighted by atomic mass is 9.94. The highest BCUT2D eigenvalue weighted by Gasteiger charge is 2.23. The van der Waals surface area contributed by atoms with E-state index in [2.05, 4.69) is 0 Å². The van der Waals surface area contributed by atoms with Crippen molar-refractivity contribution < 1.29 is 26.3 Å². The van der Waals surface area contributed by atoms with Gasteiger partial charge in [-0.3, -0.25) is 0 Å². The zero-order valence-electron chi connectivity index (χ0n) is 10.9. The zero-order valence-corrected chi connectivity index (χ0v) is 10.9. The topological polar surface area (TPSA) is 0 Å². The summed E-state index contributed by atoms with van der Waals surface area (Å²) < 4.78 is 77.5. The molecule has 0 bridgehead atoms. The molecule has 114 valence electrons. The van der Waals surface area contributed by atoms with Gasteiger partial charge in [0, 0.05) is 11.1 Å². The molecule has 0 N–H and O–H groups in total. The van der Waals surface area contributed by atoms with Crippen LogP contribution in [0.1, 0.15) is 11.1 Å². The molecule has 0 nitrogen and oxygen atoms in total. The lowest BCUT2D eigenvalue weighted by Gasteiger charge is -2.12. The Labute approximate surface area is 122 Å². The molecule has 22 heavy (non-hydrogen) atoms. The van der Waals surface area contributed by atoms with Gasteiger partial charge in [-0.15, -0.1) is 0 Å². The number of rotatable bonds is 3. The number of halogens is 6. The molecule has 2 aromatic rings. The van der Waals surface area contributed by atoms with Crippen LogP contribution in [0.3, 0.4) is 0 Å². The Morgan fingerprint density at radius 3 is 1.73 bits per heavy atom. The minimum Gasteiger partial charge on any atom is -0.200 e. The maximum atomic E-state index is 13.8. The van der Waals surface area contributed by atoms with E-state index < -0.39 is 34.9 Å². The molecule has 0 aliphatic heterocycles. The van der Waals surface area contributed by atoms with E-state index in [0.29, 0.717) is 5.56 Å². The van der Waals surface area contributed by atoms with Gasteiger partial charge in [0.1, 0.15) is 0 Å². The van der Waals surface area contributed by atoms with Crippen molar-refractivity contribution >= 4 is 11.7 Å². The molecule has 0 aromatic heterocycles. The number of hydrogen-bond acceptors (Lipinski definition) is 0. The molecule has 0 saturated carbocycles. The van der Waals surface area contributed by atoms with Crippen LogP contribution in [-0.4, -0.2) is 0 Å². The molecule has 0 aliphatic carbocycles. The van der Waals surface area contributed by atoms with E-state index in [0.717, 1.165) is 6.07 Å². The van der Waals surface area contributed by atoms with Gasteiger partial charge < -0.3 is 0 Å². The van der Waals surface area contributed by atoms with Crippen LogP contribution < -0.4 is 0 Å². The monoisotopic (exact) mass is 314 g/mol. The summed E-state index contributed by atoms with van der Waals surface area (Å²) in [4.78, 5) is 0. The molecule has 0 spiro atoms. The van der Waals surface area contributed by atoms with E-state index in [1.807, 2.05) is 0 Å². The van der Waals surface area contributed by atoms with Crippen molar-refractivity contribution in [3.05, 3.63) is 71.8 Å². The predicted molar refractivity (Wildman–Crippen MR) is 72.4 cm³/mol. The second-order valence-electron chi connectivity index (χ2n) is 4.24. The van der Waals surface area contributed by atoms with Crippen molar-refractivity contribution in [2.24, 2.45) is 0 Å². The molecule has 0 heterocycles. The molecule has 0 unspecified atom stereocenters. The third kappa shape index (κ3) is 3.05. The Morgan fingerprint density at radius 2 is 1.18 bits per heavy atom. The molecule has 0 radical (unpaired) electrons. The second-order valence-corrected chi connectivity index (χ2v) is 4.24. The minimum atomic E-state index is -2.71. The van der Waals surface area contributed by atoms with Crippen LogP contribution in [0.5, 0.6) is 0 Å². The van der Waals surface area contributed by atoms with Gasteiger partial charge in [0.2, 0.25) is 0 Å². The summed E-state index contributed by atoms with van der Waals surface area (Å²) in [6, 6.07) is 10.9. The smallest absolute Gasteiger partial charge is 0.200 e. The minimum absolute atomic E-state index is 0.111. The van der Waals surface area contributed by atoms with Crippen LogP contribution in [0.25, 0.3) is 22.8 Å². The normalized spacial score (nSPS) is 10.3. The van der Waals surface area contributed by atoms with Gasteiger partial charge >= 0.3 is 12.2 Å². The summed E-state index contributed by atoms with van der Waals surface area (Å²) in [7, 11) is 0. The Bertz CT molecular complexity index is 738. The average Bonchev–Trinajstić information content (AvgIpc) is 2.53. The van der Waals surface area contributed by atoms with Crippen LogP contribution >= 0.6 is 0 Å². The maximum absolute atomic E-state index is 13.8. The third-order valence-corrected chi connectivity index (χ3v) is 2.94. The average molecular weight is 314 g/mol. The zero-order chi connectivity index (χ0) is 16.3. The van der Waals surface area contributed by atoms with Crippen molar-refractivity contribution in [2.45, 2.75) is 0 Å². The highest BCUT2D eigenvalue weighted by Crippen LogP contribution is 2.39. The molecule has 0 amide bonds. The van der Waals surface area contributed by atoms with E-state index in [1.165, 1.54) is 24.3 Å². The summed E-state index contributed by atoms with van der Waals surface area (Å²) in [6.07, 6.45) is -5.42. The van der Waals surface area contributed by atoms with Crippen LogP contribution in [0.15, 0.2) is 60.7 Å². The predicted octanol–water partition coefficient (Wildman–Crippen LogP) is 6.42. The standard InChI is InChI=1S/C16H8F6/c17-13(15(19)20)11-8-4-7-10(9-5-2-1-3-6-9)12(11)14(18)16(21)22/h1-8H. The summed E-state index contributed by atoms with van der Waals surface area (Å²) in [5.41, 5.74) is -1.65. The Morgan fingerprint density at radius 1 is 0.591 bits per heavy atom. The Balaban J connectivity index is 2.84. The molecule has 0 atom stereocenters. The lowest BCUT2D eigenvalue weighted by Crippen LogP contribution is -1.95. The first-order chi connectivity index (χ1) is 10.4. The Kier molecular flexibility index (Phi) is 4.70. The van der Waals surface area contributed by atoms with Crippen LogP contribution in [0, 0.1) is 0 Å². The van der Waals surface area contributed by atoms with E-state index in [4.69, 9.17) is 0 Å². The molecule has 2 aromatic carbocycles. The molecular formula is C16H8F6. The van der Waals surface area contributed by atoms with Gasteiger partial charge in [-0.05, 0) is 11.1 Å². The second kappa shape index (κ2) is 6.51. The van der Waals surface area contributed by atoms with Crippen LogP contribution in [0.4, 0.5) is 26.3 Å². The fraction of sp³-hybridized carbons (Fsp3) is 0. The molecule has 6 heteroatoms. The van der Waals surface area contributed by atoms with Crippen LogP contribution in [-0.2, 0) is 0 Å². The van der Waals surface area contributed by atoms with Gasteiger partial charge in [-0.25, -0.2) is 8.78 Å². The quantitative estimate of drug-likeness (QED) is 0.573. The summed E-state index contributed by atoms with van der Waals surface area (Å²) in [5.74, 6) is -4.07. The highest BCUT2D eigenvalue weighted by atomic mass is 19.3. The SMILES string of the molecule is FC(F)=C(F)c1cccc(-c2ccccc2)c1C(F)=C(F)F. The maximum Gasteiger partial charge on any atom is 0.306 e. The van der Waals surface area contributed by atoms with Gasteiger partial charge in [0.25, 0.3) is 0 Å². The first kappa shape index (κ1) is 15.9. The molecule has 0 aliphatic rings. The van der Waals surface area contributed by atoms with E-state index in [1.54, 1.807) is 18.2 Å². The molecular weight excluding hydrogens is 306 g/mol. The Hall–Kier alpha value is -2.50. The van der Waals surface area contributed by atoms with Gasteiger partial charge in [0.05, 0.1) is 0 Å². The van der Waals surface area contributed by atoms with Gasteiger partial charge in [-0.1, -0.05) is 48.5 Å². The number of benzene rings is 2. The molecule has 2 rings (SSSR count). The lowest BCUT2D eigenvalue weighted by molar-refractivity contribution is 0.407. The highest BCUT2D eigenvalue weighted by molar-refractivity contribution is 5.86. The summed E-state index contributed by atoms with van der Waals surface area (Å²) in [5, 5.41) is 0. The fourth-order valence-corrected chi connectivity index (χ4v) is 2.03. The van der Waals surface area contributed by atoms with E-state index >= 15 is 0 Å². The van der Waals surface area contributed by atoms with Gasteiger partial charge in [0.15, 0.2) is 11.7 Å². The van der Waals surface area contributed by atoms with E-state index in [-0.39, 0.29) is 5.56 Å². The molecule has 0 fully saturated rings. The van der Waals surface area contributed by atoms with Gasteiger partial charge in [-0.2, -0.15) is 17.6 Å².